The SMILES string of the molecule is O=C(O)c1csc(C2=CC(O)=CCC2)n1. The number of aliphatic hydroxyl groups is 1. The van der Waals surface area contributed by atoms with Crippen LogP contribution in [0, 0.1) is 0 Å². The average Bonchev–Trinajstić information content (AvgIpc) is 2.66. The first kappa shape index (κ1) is 9.92. The van der Waals surface area contributed by atoms with Crippen LogP contribution in [-0.2, 0) is 0 Å². The zero-order valence-electron chi connectivity index (χ0n) is 7.80. The third-order valence-electron chi connectivity index (χ3n) is 2.09. The minimum atomic E-state index is -1.02. The second kappa shape index (κ2) is 3.86. The zero-order valence-corrected chi connectivity index (χ0v) is 8.62. The number of carboxylic acids is 1. The average molecular weight is 223 g/mol. The molecule has 5 heteroatoms. The third kappa shape index (κ3) is 2.07. The van der Waals surface area contributed by atoms with Crippen LogP contribution in [-0.4, -0.2) is 21.2 Å². The number of nitrogens with zero attached hydrogens (tertiary/aromatic N) is 1. The first-order valence-corrected chi connectivity index (χ1v) is 5.33. The molecule has 0 amide bonds. The fourth-order valence-corrected chi connectivity index (χ4v) is 2.21. The van der Waals surface area contributed by atoms with Gasteiger partial charge < -0.3 is 10.2 Å². The number of aromatic nitrogens is 1. The van der Waals surface area contributed by atoms with Crippen LogP contribution < -0.4 is 0 Å². The molecule has 1 heterocycles. The van der Waals surface area contributed by atoms with Crippen molar-refractivity contribution < 1.29 is 15.0 Å². The Kier molecular flexibility index (Phi) is 2.55. The van der Waals surface area contributed by atoms with Crippen LogP contribution >= 0.6 is 11.3 Å². The normalized spacial score (nSPS) is 15.7. The number of thiazole rings is 1. The number of carboxylic acid groups (broad SMARTS) is 1. The van der Waals surface area contributed by atoms with Gasteiger partial charge in [-0.05, 0) is 30.6 Å². The molecule has 0 saturated heterocycles. The van der Waals surface area contributed by atoms with Crippen molar-refractivity contribution in [3.63, 3.8) is 0 Å². The topological polar surface area (TPSA) is 70.4 Å². The molecule has 1 aromatic heterocycles. The summed E-state index contributed by atoms with van der Waals surface area (Å²) in [5.41, 5.74) is 0.956. The minimum absolute atomic E-state index is 0.0601. The Balaban J connectivity index is 2.30. The molecule has 0 radical (unpaired) electrons. The molecule has 15 heavy (non-hydrogen) atoms. The lowest BCUT2D eigenvalue weighted by Gasteiger charge is -2.07. The predicted octanol–water partition coefficient (Wildman–Crippen LogP) is 2.46. The molecule has 0 aromatic carbocycles. The lowest BCUT2D eigenvalue weighted by Crippen LogP contribution is -1.97. The summed E-state index contributed by atoms with van der Waals surface area (Å²) in [5, 5.41) is 20.2. The molecule has 2 N–H and O–H groups in total. The maximum absolute atomic E-state index is 10.6. The Morgan fingerprint density at radius 3 is 2.93 bits per heavy atom. The molecule has 78 valence electrons. The fourth-order valence-electron chi connectivity index (χ4n) is 1.37. The third-order valence-corrected chi connectivity index (χ3v) is 3.01. The van der Waals surface area contributed by atoms with Gasteiger partial charge in [0.05, 0.1) is 0 Å². The predicted molar refractivity (Wildman–Crippen MR) is 57.0 cm³/mol. The number of aliphatic hydroxyl groups excluding tert-OH is 1. The van der Waals surface area contributed by atoms with Gasteiger partial charge in [0.1, 0.15) is 10.8 Å². The Morgan fingerprint density at radius 2 is 2.33 bits per heavy atom. The first-order chi connectivity index (χ1) is 7.16. The monoisotopic (exact) mass is 223 g/mol. The summed E-state index contributed by atoms with van der Waals surface area (Å²) in [4.78, 5) is 14.6. The molecule has 2 rings (SSSR count). The standard InChI is InChI=1S/C10H9NO3S/c12-7-3-1-2-6(4-7)9-11-8(5-15-9)10(13)14/h3-5,12H,1-2H2,(H,13,14). The smallest absolute Gasteiger partial charge is 0.355 e. The van der Waals surface area contributed by atoms with Crippen molar-refractivity contribution in [1.29, 1.82) is 0 Å². The van der Waals surface area contributed by atoms with Crippen LogP contribution in [0.1, 0.15) is 28.3 Å². The molecule has 0 fully saturated rings. The van der Waals surface area contributed by atoms with Crippen LogP contribution in [0.15, 0.2) is 23.3 Å². The Morgan fingerprint density at radius 1 is 1.53 bits per heavy atom. The molecule has 1 aliphatic rings. The second-order valence-corrected chi connectivity index (χ2v) is 4.04. The second-order valence-electron chi connectivity index (χ2n) is 3.18. The van der Waals surface area contributed by atoms with Crippen molar-refractivity contribution in [2.75, 3.05) is 0 Å². The molecule has 0 atom stereocenters. The Bertz CT molecular complexity index is 459. The molecule has 1 aliphatic carbocycles. The van der Waals surface area contributed by atoms with Crippen molar-refractivity contribution >= 4 is 22.9 Å². The van der Waals surface area contributed by atoms with E-state index in [0.717, 1.165) is 18.4 Å². The number of carbonyl (C=O) groups is 1. The van der Waals surface area contributed by atoms with E-state index in [1.54, 1.807) is 12.2 Å². The number of aromatic carboxylic acids is 1. The molecule has 1 aromatic rings. The van der Waals surface area contributed by atoms with Crippen LogP contribution in [0.2, 0.25) is 0 Å². The highest BCUT2D eigenvalue weighted by Crippen LogP contribution is 2.27. The molecule has 0 unspecified atom stereocenters. The van der Waals surface area contributed by atoms with Crippen LogP contribution in [0.4, 0.5) is 0 Å². The summed E-state index contributed by atoms with van der Waals surface area (Å²) in [6.07, 6.45) is 4.92. The van der Waals surface area contributed by atoms with Crippen molar-refractivity contribution in [2.45, 2.75) is 12.8 Å². The summed E-state index contributed by atoms with van der Waals surface area (Å²) in [6, 6.07) is 0. The first-order valence-electron chi connectivity index (χ1n) is 4.45. The minimum Gasteiger partial charge on any atom is -0.508 e. The van der Waals surface area contributed by atoms with Crippen molar-refractivity contribution in [3.8, 4) is 0 Å². The summed E-state index contributed by atoms with van der Waals surface area (Å²) >= 11 is 1.29. The highest BCUT2D eigenvalue weighted by atomic mass is 32.1. The summed E-state index contributed by atoms with van der Waals surface area (Å²) in [6.45, 7) is 0. The number of hydrogen-bond acceptors (Lipinski definition) is 4. The number of rotatable bonds is 2. The van der Waals surface area contributed by atoms with Crippen LogP contribution in [0.3, 0.4) is 0 Å². The van der Waals surface area contributed by atoms with E-state index < -0.39 is 5.97 Å². The van der Waals surface area contributed by atoms with Gasteiger partial charge in [-0.1, -0.05) is 0 Å². The molecule has 0 spiro atoms. The Labute approximate surface area is 90.2 Å². The lowest BCUT2D eigenvalue weighted by molar-refractivity contribution is 0.0691. The van der Waals surface area contributed by atoms with E-state index in [0.29, 0.717) is 5.01 Å². The van der Waals surface area contributed by atoms with Gasteiger partial charge in [-0.3, -0.25) is 0 Å². The van der Waals surface area contributed by atoms with Crippen molar-refractivity contribution in [1.82, 2.24) is 4.98 Å². The van der Waals surface area contributed by atoms with Gasteiger partial charge >= 0.3 is 5.97 Å². The van der Waals surface area contributed by atoms with E-state index in [4.69, 9.17) is 5.11 Å². The maximum atomic E-state index is 10.6. The summed E-state index contributed by atoms with van der Waals surface area (Å²) < 4.78 is 0. The van der Waals surface area contributed by atoms with Gasteiger partial charge in [0, 0.05) is 5.38 Å². The van der Waals surface area contributed by atoms with Crippen LogP contribution in [0.25, 0.3) is 5.57 Å². The molecular formula is C10H9NO3S. The van der Waals surface area contributed by atoms with E-state index in [1.165, 1.54) is 16.7 Å². The molecular weight excluding hydrogens is 214 g/mol. The lowest BCUT2D eigenvalue weighted by atomic mass is 10.1. The van der Waals surface area contributed by atoms with E-state index in [9.17, 15) is 9.90 Å². The number of hydrogen-bond donors (Lipinski definition) is 2. The van der Waals surface area contributed by atoms with Crippen molar-refractivity contribution in [2.24, 2.45) is 0 Å². The highest BCUT2D eigenvalue weighted by molar-refractivity contribution is 7.11. The van der Waals surface area contributed by atoms with Gasteiger partial charge in [0.25, 0.3) is 0 Å². The van der Waals surface area contributed by atoms with E-state index in [1.807, 2.05) is 0 Å². The quantitative estimate of drug-likeness (QED) is 0.807. The number of allylic oxidation sites excluding steroid dienone is 3. The Hall–Kier alpha value is -1.62. The highest BCUT2D eigenvalue weighted by Gasteiger charge is 2.13. The van der Waals surface area contributed by atoms with Gasteiger partial charge in [0.2, 0.25) is 0 Å². The largest absolute Gasteiger partial charge is 0.508 e. The van der Waals surface area contributed by atoms with Gasteiger partial charge in [-0.25, -0.2) is 9.78 Å². The zero-order chi connectivity index (χ0) is 10.8. The molecule has 0 saturated carbocycles. The van der Waals surface area contributed by atoms with Gasteiger partial charge in [-0.2, -0.15) is 0 Å². The summed E-state index contributed by atoms with van der Waals surface area (Å²) in [7, 11) is 0. The molecule has 0 aliphatic heterocycles. The fraction of sp³-hybridized carbons (Fsp3) is 0.200. The van der Waals surface area contributed by atoms with Crippen LogP contribution in [0.5, 0.6) is 0 Å². The van der Waals surface area contributed by atoms with E-state index in [-0.39, 0.29) is 11.5 Å². The molecule has 0 bridgehead atoms. The van der Waals surface area contributed by atoms with E-state index in [2.05, 4.69) is 4.98 Å². The summed E-state index contributed by atoms with van der Waals surface area (Å²) in [5.74, 6) is -0.794. The van der Waals surface area contributed by atoms with Gasteiger partial charge in [0.15, 0.2) is 5.69 Å². The van der Waals surface area contributed by atoms with E-state index >= 15 is 0 Å². The van der Waals surface area contributed by atoms with Crippen molar-refractivity contribution in [3.05, 3.63) is 34.0 Å². The maximum Gasteiger partial charge on any atom is 0.355 e. The molecule has 4 nitrogen and oxygen atoms in total. The van der Waals surface area contributed by atoms with Gasteiger partial charge in [-0.15, -0.1) is 11.3 Å².